The minimum Gasteiger partial charge on any atom is -0.462 e. The molecule has 6 heteroatoms. The Labute approximate surface area is 407 Å². The molecule has 66 heavy (non-hydrogen) atoms. The van der Waals surface area contributed by atoms with Crippen LogP contribution in [-0.4, -0.2) is 37.2 Å². The van der Waals surface area contributed by atoms with Gasteiger partial charge < -0.3 is 14.2 Å². The maximum Gasteiger partial charge on any atom is 0.306 e. The van der Waals surface area contributed by atoms with Gasteiger partial charge in [-0.15, -0.1) is 0 Å². The van der Waals surface area contributed by atoms with Crippen molar-refractivity contribution in [3.63, 3.8) is 0 Å². The molecular formula is C60H102O6. The molecule has 0 spiro atoms. The van der Waals surface area contributed by atoms with Crippen LogP contribution in [0.4, 0.5) is 0 Å². The van der Waals surface area contributed by atoms with Gasteiger partial charge in [-0.3, -0.25) is 14.4 Å². The van der Waals surface area contributed by atoms with Gasteiger partial charge in [-0.25, -0.2) is 0 Å². The molecule has 0 aliphatic rings. The zero-order valence-corrected chi connectivity index (χ0v) is 43.2. The van der Waals surface area contributed by atoms with Crippen LogP contribution in [0.5, 0.6) is 0 Å². The molecule has 0 unspecified atom stereocenters. The largest absolute Gasteiger partial charge is 0.462 e. The topological polar surface area (TPSA) is 78.9 Å². The average Bonchev–Trinajstić information content (AvgIpc) is 3.31. The van der Waals surface area contributed by atoms with E-state index >= 15 is 0 Å². The summed E-state index contributed by atoms with van der Waals surface area (Å²) in [5.74, 6) is -0.987. The second-order valence-electron chi connectivity index (χ2n) is 18.1. The van der Waals surface area contributed by atoms with Crippen molar-refractivity contribution in [3.05, 3.63) is 85.1 Å². The van der Waals surface area contributed by atoms with Gasteiger partial charge in [-0.05, 0) is 83.5 Å². The predicted molar refractivity (Wildman–Crippen MR) is 284 cm³/mol. The number of allylic oxidation sites excluding steroid dienone is 14. The number of rotatable bonds is 49. The van der Waals surface area contributed by atoms with Crippen molar-refractivity contribution in [1.29, 1.82) is 0 Å². The van der Waals surface area contributed by atoms with Crippen molar-refractivity contribution in [2.24, 2.45) is 0 Å². The number of carbonyl (C=O) groups excluding carboxylic acids is 3. The molecule has 0 amide bonds. The molecule has 0 radical (unpaired) electrons. The van der Waals surface area contributed by atoms with Crippen LogP contribution < -0.4 is 0 Å². The molecule has 0 N–H and O–H groups in total. The summed E-state index contributed by atoms with van der Waals surface area (Å²) >= 11 is 0. The molecule has 0 rings (SSSR count). The molecule has 0 heterocycles. The van der Waals surface area contributed by atoms with Gasteiger partial charge in [-0.2, -0.15) is 0 Å². The van der Waals surface area contributed by atoms with Gasteiger partial charge in [0.05, 0.1) is 0 Å². The summed E-state index contributed by atoms with van der Waals surface area (Å²) < 4.78 is 16.8. The molecule has 0 saturated carbocycles. The number of ether oxygens (including phenoxy) is 3. The van der Waals surface area contributed by atoms with Crippen LogP contribution in [0.15, 0.2) is 85.1 Å². The zero-order valence-electron chi connectivity index (χ0n) is 43.2. The van der Waals surface area contributed by atoms with Gasteiger partial charge in [0.1, 0.15) is 13.2 Å². The first kappa shape index (κ1) is 62.6. The van der Waals surface area contributed by atoms with Crippen LogP contribution in [0.25, 0.3) is 0 Å². The monoisotopic (exact) mass is 919 g/mol. The highest BCUT2D eigenvalue weighted by atomic mass is 16.6. The first-order valence-corrected chi connectivity index (χ1v) is 27.6. The highest BCUT2D eigenvalue weighted by Crippen LogP contribution is 2.15. The molecule has 0 aromatic carbocycles. The van der Waals surface area contributed by atoms with Gasteiger partial charge >= 0.3 is 17.9 Å². The normalized spacial score (nSPS) is 12.7. The smallest absolute Gasteiger partial charge is 0.306 e. The second kappa shape index (κ2) is 54.2. The Kier molecular flexibility index (Phi) is 51.4. The Bertz CT molecular complexity index is 1290. The van der Waals surface area contributed by atoms with Crippen LogP contribution in [0.3, 0.4) is 0 Å². The molecule has 1 atom stereocenters. The van der Waals surface area contributed by atoms with E-state index < -0.39 is 6.10 Å². The van der Waals surface area contributed by atoms with E-state index in [-0.39, 0.29) is 37.5 Å². The summed E-state index contributed by atoms with van der Waals surface area (Å²) in [6.45, 7) is 6.45. The van der Waals surface area contributed by atoms with Gasteiger partial charge in [0.25, 0.3) is 0 Å². The minimum absolute atomic E-state index is 0.0996. The summed E-state index contributed by atoms with van der Waals surface area (Å²) in [5, 5.41) is 0. The molecule has 378 valence electrons. The van der Waals surface area contributed by atoms with Crippen LogP contribution in [0.1, 0.15) is 258 Å². The summed E-state index contributed by atoms with van der Waals surface area (Å²) in [7, 11) is 0. The quantitative estimate of drug-likeness (QED) is 0.0262. The Hall–Kier alpha value is -3.41. The molecule has 0 aromatic rings. The molecule has 6 nitrogen and oxygen atoms in total. The van der Waals surface area contributed by atoms with Gasteiger partial charge in [0, 0.05) is 19.3 Å². The predicted octanol–water partition coefficient (Wildman–Crippen LogP) is 18.4. The van der Waals surface area contributed by atoms with Crippen LogP contribution in [-0.2, 0) is 28.6 Å². The molecule has 0 aliphatic heterocycles. The fraction of sp³-hybridized carbons (Fsp3) is 0.717. The Morgan fingerprint density at radius 3 is 1.03 bits per heavy atom. The standard InChI is InChI=1S/C60H102O6/c1-4-7-10-13-16-19-22-25-28-29-30-31-33-35-38-41-44-47-50-53-59(62)65-56-57(55-64-58(61)52-49-46-43-40-37-34-27-24-21-18-15-12-9-6-3)66-60(63)54-51-48-45-42-39-36-32-26-23-20-17-14-11-8-5-2/h7,10,16,19-20,23,25,28,30-31,35,38,44,47,57H,4-6,8-9,11-15,17-18,21-22,24,26-27,29,32-34,36-37,39-43,45-46,48-56H2,1-3H3/b10-7+,19-16+,23-20+,28-25+,31-30+,38-35+,47-44+/t57-/m1/s1. The number of unbranched alkanes of at least 4 members (excludes halogenated alkanes) is 24. The van der Waals surface area contributed by atoms with Crippen LogP contribution in [0.2, 0.25) is 0 Å². The number of carbonyl (C=O) groups is 3. The lowest BCUT2D eigenvalue weighted by molar-refractivity contribution is -0.166. The van der Waals surface area contributed by atoms with E-state index in [1.54, 1.807) is 0 Å². The van der Waals surface area contributed by atoms with Gasteiger partial charge in [0.15, 0.2) is 6.10 Å². The third kappa shape index (κ3) is 51.6. The lowest BCUT2D eigenvalue weighted by Gasteiger charge is -2.18. The zero-order chi connectivity index (χ0) is 47.9. The SMILES string of the molecule is CC/C=C/C/C=C/C/C=C/C/C=C/C/C=C/C/C=C/CCC(=O)OC[C@@H](COC(=O)CCCCCCCCCCCCCCCC)OC(=O)CCCCCCCCC/C=C/CCCCCC. The van der Waals surface area contributed by atoms with Crippen molar-refractivity contribution >= 4 is 17.9 Å². The van der Waals surface area contributed by atoms with E-state index in [1.165, 1.54) is 135 Å². The van der Waals surface area contributed by atoms with E-state index in [9.17, 15) is 14.4 Å². The first-order chi connectivity index (χ1) is 32.5. The third-order valence-corrected chi connectivity index (χ3v) is 11.6. The Balaban J connectivity index is 4.49. The van der Waals surface area contributed by atoms with E-state index in [4.69, 9.17) is 14.2 Å². The summed E-state index contributed by atoms with van der Waals surface area (Å²) in [6.07, 6.45) is 70.1. The van der Waals surface area contributed by atoms with Crippen LogP contribution >= 0.6 is 0 Å². The van der Waals surface area contributed by atoms with Gasteiger partial charge in [0.2, 0.25) is 0 Å². The Morgan fingerprint density at radius 2 is 0.621 bits per heavy atom. The van der Waals surface area contributed by atoms with E-state index in [0.29, 0.717) is 19.3 Å². The Morgan fingerprint density at radius 1 is 0.318 bits per heavy atom. The number of esters is 3. The maximum atomic E-state index is 12.8. The maximum absolute atomic E-state index is 12.8. The minimum atomic E-state index is -0.807. The molecule has 0 aliphatic carbocycles. The van der Waals surface area contributed by atoms with Crippen molar-refractivity contribution in [2.75, 3.05) is 13.2 Å². The average molecular weight is 919 g/mol. The van der Waals surface area contributed by atoms with Gasteiger partial charge in [-0.1, -0.05) is 241 Å². The second-order valence-corrected chi connectivity index (χ2v) is 18.1. The van der Waals surface area contributed by atoms with Crippen molar-refractivity contribution in [1.82, 2.24) is 0 Å². The van der Waals surface area contributed by atoms with Crippen molar-refractivity contribution in [2.45, 2.75) is 264 Å². The van der Waals surface area contributed by atoms with Crippen molar-refractivity contribution in [3.8, 4) is 0 Å². The third-order valence-electron chi connectivity index (χ3n) is 11.6. The summed E-state index contributed by atoms with van der Waals surface area (Å²) in [4.78, 5) is 38.0. The summed E-state index contributed by atoms with van der Waals surface area (Å²) in [6, 6.07) is 0. The lowest BCUT2D eigenvalue weighted by Crippen LogP contribution is -2.30. The molecular weight excluding hydrogens is 817 g/mol. The van der Waals surface area contributed by atoms with Crippen LogP contribution in [0, 0.1) is 0 Å². The highest BCUT2D eigenvalue weighted by Gasteiger charge is 2.19. The molecule has 0 bridgehead atoms. The molecule has 0 aromatic heterocycles. The first-order valence-electron chi connectivity index (χ1n) is 27.6. The van der Waals surface area contributed by atoms with E-state index in [1.807, 2.05) is 6.08 Å². The fourth-order valence-corrected chi connectivity index (χ4v) is 7.52. The number of hydrogen-bond acceptors (Lipinski definition) is 6. The number of hydrogen-bond donors (Lipinski definition) is 0. The van der Waals surface area contributed by atoms with Crippen molar-refractivity contribution < 1.29 is 28.6 Å². The van der Waals surface area contributed by atoms with E-state index in [2.05, 4.69) is 99.8 Å². The fourth-order valence-electron chi connectivity index (χ4n) is 7.52. The molecule has 0 saturated heterocycles. The summed E-state index contributed by atoms with van der Waals surface area (Å²) in [5.41, 5.74) is 0. The molecule has 0 fully saturated rings. The highest BCUT2D eigenvalue weighted by molar-refractivity contribution is 5.71. The lowest BCUT2D eigenvalue weighted by atomic mass is 10.0. The van der Waals surface area contributed by atoms with E-state index in [0.717, 1.165) is 77.0 Å².